The summed E-state index contributed by atoms with van der Waals surface area (Å²) in [5.74, 6) is -0.419. The summed E-state index contributed by atoms with van der Waals surface area (Å²) in [6, 6.07) is 13.4. The van der Waals surface area contributed by atoms with Crippen molar-refractivity contribution in [2.45, 2.75) is 316 Å². The van der Waals surface area contributed by atoms with Crippen LogP contribution in [0.3, 0.4) is 0 Å². The molecule has 0 atom stereocenters. The fourth-order valence-electron chi connectivity index (χ4n) is 10.3. The van der Waals surface area contributed by atoms with Crippen LogP contribution in [0.4, 0.5) is 47.9 Å². The number of guanidine groups is 2. The molecule has 10 amide bonds. The van der Waals surface area contributed by atoms with Crippen molar-refractivity contribution in [3.63, 3.8) is 0 Å². The second-order valence-corrected chi connectivity index (χ2v) is 39.2. The van der Waals surface area contributed by atoms with E-state index >= 15 is 0 Å². The topological polar surface area (TPSA) is 477 Å². The van der Waals surface area contributed by atoms with Crippen molar-refractivity contribution in [2.75, 3.05) is 59.3 Å². The summed E-state index contributed by atoms with van der Waals surface area (Å²) in [4.78, 5) is 157. The highest BCUT2D eigenvalue weighted by molar-refractivity contribution is 6.02. The first-order valence-corrected chi connectivity index (χ1v) is 42.8. The van der Waals surface area contributed by atoms with E-state index in [1.807, 2.05) is 0 Å². The molecule has 0 unspecified atom stereocenters. The quantitative estimate of drug-likeness (QED) is 0.0147. The van der Waals surface area contributed by atoms with Gasteiger partial charge in [-0.2, -0.15) is 20.0 Å². The van der Waals surface area contributed by atoms with Crippen LogP contribution < -0.4 is 65.6 Å². The number of rotatable bonds is 29. The standard InChI is InChI=1S/C91H141N13O26/c1-56(95-72(105)121-82(3,4)5)38-35-51-118-68-60(59-40-33-41-62(115-50-36-43-64(97-74(107)123-84(9,10)11)98-75(108)124-85(12,13)14)67(59)119-55-49-94-71(103-80(113)129-90(27,28)29)104-81(114)130-91(30,31)32)45-46-61(69(68)120-54-47-92-57(2)96-73(106)122-83(6,7)8)58-39-34-42-63(116-53-48-93-70(101-78(111)127-88(21,22)23)102-79(112)128-89(24,25)26)66(58)117-52-37-44-65(99-76(109)125-86(15,16)17)100-77(110)126-87(18,19)20/h33-34,39-42,45-46H,35-38,43-44,47-55H2,1-32H3,(H,92,96,106)(H,97,98,107,108)(H,99,100,109,110)(H2,93,101,102,111,112)(H2,94,103,104,113,114)/b95-56-. The predicted molar refractivity (Wildman–Crippen MR) is 493 cm³/mol. The summed E-state index contributed by atoms with van der Waals surface area (Å²) >= 11 is 0. The molecule has 3 aromatic carbocycles. The molecule has 3 rings (SSSR count). The Kier molecular flexibility index (Phi) is 42.7. The van der Waals surface area contributed by atoms with E-state index in [0.717, 1.165) is 0 Å². The average Bonchev–Trinajstić information content (AvgIpc) is 0.760. The number of aliphatic imine (C=N–C) groups is 6. The highest BCUT2D eigenvalue weighted by atomic mass is 16.6. The minimum Gasteiger partial charge on any atom is -0.490 e. The second kappa shape index (κ2) is 49.5. The number of para-hydroxylation sites is 2. The zero-order valence-corrected chi connectivity index (χ0v) is 82.0. The molecule has 0 aliphatic carbocycles. The molecule has 0 bridgehead atoms. The summed E-state index contributed by atoms with van der Waals surface area (Å²) in [7, 11) is 0. The van der Waals surface area contributed by atoms with Gasteiger partial charge in [0.1, 0.15) is 93.3 Å². The molecule has 726 valence electrons. The van der Waals surface area contributed by atoms with E-state index in [0.29, 0.717) is 5.71 Å². The fourth-order valence-corrected chi connectivity index (χ4v) is 10.3. The molecule has 7 N–H and O–H groups in total. The Morgan fingerprint density at radius 1 is 0.262 bits per heavy atom. The minimum atomic E-state index is -1.06. The Bertz CT molecular complexity index is 4260. The first kappa shape index (κ1) is 112. The van der Waals surface area contributed by atoms with Crippen LogP contribution in [0.2, 0.25) is 0 Å². The molecule has 0 saturated carbocycles. The number of ether oxygens (including phenoxy) is 16. The number of carbonyl (C=O) groups excluding carboxylic acids is 10. The Balaban J connectivity index is 2.73. The Morgan fingerprint density at radius 2 is 0.515 bits per heavy atom. The van der Waals surface area contributed by atoms with E-state index < -0.39 is 117 Å². The SMILES string of the molecule is C/C(CCCOc1c(-c2cccc(OCCC/C(=N/C(=O)OC(C)(C)C)NC(=O)OC(C)(C)C)c2OCCN/C(=N\C(=O)OC(C)(C)C)NC(=O)OC(C)(C)C)ccc(-c2cccc(OCCN/C(=N\C(=O)OC(C)(C)C)NC(=O)OC(C)(C)C)c2OCCC/C(=N/C(=O)OC(C)(C)C)NC(=O)OC(C)(C)C)c1OCCN/C(C)=N/C(=O)OC(C)(C)C)=N/C(=O)OC(C)(C)C. The first-order valence-electron chi connectivity index (χ1n) is 42.8. The maximum atomic E-state index is 13.4. The number of carbonyl (C=O) groups is 10. The van der Waals surface area contributed by atoms with Crippen LogP contribution in [0, 0.1) is 0 Å². The lowest BCUT2D eigenvalue weighted by Crippen LogP contribution is -2.45. The van der Waals surface area contributed by atoms with Crippen LogP contribution in [0.5, 0.6) is 34.5 Å². The van der Waals surface area contributed by atoms with Gasteiger partial charge < -0.3 is 91.7 Å². The molecule has 0 aromatic heterocycles. The van der Waals surface area contributed by atoms with Crippen molar-refractivity contribution in [3.8, 4) is 56.8 Å². The molecule has 0 heterocycles. The van der Waals surface area contributed by atoms with E-state index in [9.17, 15) is 47.9 Å². The lowest BCUT2D eigenvalue weighted by atomic mass is 9.96. The zero-order chi connectivity index (χ0) is 98.8. The fraction of sp³-hybridized carbons (Fsp3) is 0.626. The third-order valence-corrected chi connectivity index (χ3v) is 14.5. The minimum absolute atomic E-state index is 0.0258. The monoisotopic (exact) mass is 1830 g/mol. The molecule has 3 aromatic rings. The van der Waals surface area contributed by atoms with Crippen LogP contribution in [0.1, 0.15) is 260 Å². The number of nitrogens with one attached hydrogen (secondary N) is 7. The number of amides is 10. The molecule has 0 spiro atoms. The zero-order valence-electron chi connectivity index (χ0n) is 82.0. The molecule has 39 heteroatoms. The lowest BCUT2D eigenvalue weighted by molar-refractivity contribution is 0.0542. The van der Waals surface area contributed by atoms with E-state index in [4.69, 9.17) is 75.8 Å². The van der Waals surface area contributed by atoms with Crippen molar-refractivity contribution in [1.29, 1.82) is 0 Å². The smallest absolute Gasteiger partial charge is 0.437 e. The van der Waals surface area contributed by atoms with E-state index in [2.05, 4.69) is 67.2 Å². The molecule has 0 aliphatic heterocycles. The number of nitrogens with zero attached hydrogens (tertiary/aromatic N) is 6. The van der Waals surface area contributed by atoms with Crippen LogP contribution in [-0.2, 0) is 47.4 Å². The van der Waals surface area contributed by atoms with Crippen LogP contribution in [0.25, 0.3) is 22.3 Å². The number of amidine groups is 3. The summed E-state index contributed by atoms with van der Waals surface area (Å²) in [6.45, 7) is 51.5. The Hall–Kier alpha value is -12.2. The highest BCUT2D eigenvalue weighted by Crippen LogP contribution is 2.52. The van der Waals surface area contributed by atoms with Gasteiger partial charge in [-0.3, -0.25) is 21.3 Å². The largest absolute Gasteiger partial charge is 0.490 e. The van der Waals surface area contributed by atoms with Gasteiger partial charge in [0.25, 0.3) is 0 Å². The normalized spacial score (nSPS) is 13.0. The number of hydrogen-bond acceptors (Lipinski definition) is 26. The molecular formula is C91H141N13O26. The third kappa shape index (κ3) is 51.1. The van der Waals surface area contributed by atoms with Gasteiger partial charge in [0.05, 0.1) is 39.5 Å². The van der Waals surface area contributed by atoms with Crippen LogP contribution in [0.15, 0.2) is 78.5 Å². The van der Waals surface area contributed by atoms with E-state index in [1.54, 1.807) is 270 Å². The average molecular weight is 1830 g/mol. The third-order valence-electron chi connectivity index (χ3n) is 14.5. The Morgan fingerprint density at radius 3 is 0.862 bits per heavy atom. The van der Waals surface area contributed by atoms with Crippen LogP contribution >= 0.6 is 0 Å². The number of hydrogen-bond donors (Lipinski definition) is 7. The summed E-state index contributed by atoms with van der Waals surface area (Å²) in [6.07, 6.45) is -9.14. The molecule has 130 heavy (non-hydrogen) atoms. The van der Waals surface area contributed by atoms with Crippen molar-refractivity contribution in [1.82, 2.24) is 37.2 Å². The Labute approximate surface area is 764 Å². The van der Waals surface area contributed by atoms with Gasteiger partial charge in [0.2, 0.25) is 11.9 Å². The molecule has 0 aliphatic rings. The maximum absolute atomic E-state index is 13.4. The van der Waals surface area contributed by atoms with Gasteiger partial charge in [-0.25, -0.2) is 47.9 Å². The van der Waals surface area contributed by atoms with Gasteiger partial charge in [0, 0.05) is 40.8 Å². The van der Waals surface area contributed by atoms with Gasteiger partial charge in [-0.15, -0.1) is 9.98 Å². The first-order chi connectivity index (χ1) is 59.6. The van der Waals surface area contributed by atoms with Gasteiger partial charge >= 0.3 is 60.9 Å². The lowest BCUT2D eigenvalue weighted by Gasteiger charge is -2.24. The van der Waals surface area contributed by atoms with Crippen molar-refractivity contribution in [2.24, 2.45) is 30.0 Å². The van der Waals surface area contributed by atoms with Crippen LogP contribution in [-0.4, -0.2) is 211 Å². The molecule has 39 nitrogen and oxygen atoms in total. The summed E-state index contributed by atoms with van der Waals surface area (Å²) in [5, 5.41) is 19.1. The van der Waals surface area contributed by atoms with Crippen molar-refractivity contribution in [3.05, 3.63) is 48.5 Å². The van der Waals surface area contributed by atoms with Crippen molar-refractivity contribution >= 4 is 96.1 Å². The molecular weight excluding hydrogens is 1690 g/mol. The second-order valence-electron chi connectivity index (χ2n) is 39.2. The van der Waals surface area contributed by atoms with E-state index in [-0.39, 0.29) is 184 Å². The van der Waals surface area contributed by atoms with Gasteiger partial charge in [-0.1, -0.05) is 24.3 Å². The summed E-state index contributed by atoms with van der Waals surface area (Å²) < 4.78 is 96.2. The number of benzene rings is 3. The van der Waals surface area contributed by atoms with Gasteiger partial charge in [-0.05, 0) is 272 Å². The highest BCUT2D eigenvalue weighted by Gasteiger charge is 2.31. The van der Waals surface area contributed by atoms with E-state index in [1.165, 1.54) is 0 Å². The number of alkyl carbamates (subject to hydrolysis) is 4. The molecule has 0 radical (unpaired) electrons. The maximum Gasteiger partial charge on any atom is 0.437 e. The predicted octanol–water partition coefficient (Wildman–Crippen LogP) is 18.5. The summed E-state index contributed by atoms with van der Waals surface area (Å²) in [5.41, 5.74) is -7.99. The van der Waals surface area contributed by atoms with Crippen molar-refractivity contribution < 1.29 is 124 Å². The van der Waals surface area contributed by atoms with Gasteiger partial charge in [0.15, 0.2) is 34.5 Å². The molecule has 0 saturated heterocycles. The molecule has 0 fully saturated rings.